The van der Waals surface area contributed by atoms with Crippen LogP contribution in [-0.2, 0) is 11.2 Å². The van der Waals surface area contributed by atoms with Crippen molar-refractivity contribution in [2.45, 2.75) is 32.2 Å². The highest BCUT2D eigenvalue weighted by Crippen LogP contribution is 2.20. The summed E-state index contributed by atoms with van der Waals surface area (Å²) < 4.78 is 26.0. The molecule has 5 heteroatoms. The number of nitrogens with zero attached hydrogens (tertiary/aromatic N) is 1. The largest absolute Gasteiger partial charge is 0.342 e. The lowest BCUT2D eigenvalue weighted by Gasteiger charge is -2.34. The van der Waals surface area contributed by atoms with Crippen LogP contribution in [0.2, 0.25) is 0 Å². The lowest BCUT2D eigenvalue weighted by molar-refractivity contribution is -0.132. The van der Waals surface area contributed by atoms with Crippen molar-refractivity contribution in [3.8, 4) is 0 Å². The Kier molecular flexibility index (Phi) is 4.70. The highest BCUT2D eigenvalue weighted by Gasteiger charge is 2.25. The van der Waals surface area contributed by atoms with E-state index >= 15 is 0 Å². The lowest BCUT2D eigenvalue weighted by atomic mass is 9.92. The Morgan fingerprint density at radius 3 is 2.85 bits per heavy atom. The first-order valence-electron chi connectivity index (χ1n) is 6.94. The van der Waals surface area contributed by atoms with E-state index in [9.17, 15) is 13.6 Å². The average Bonchev–Trinajstić information content (AvgIpc) is 2.43. The van der Waals surface area contributed by atoms with Crippen LogP contribution in [0.3, 0.4) is 0 Å². The molecule has 0 unspecified atom stereocenters. The van der Waals surface area contributed by atoms with Gasteiger partial charge in [0.15, 0.2) is 11.6 Å². The van der Waals surface area contributed by atoms with Crippen molar-refractivity contribution < 1.29 is 13.6 Å². The van der Waals surface area contributed by atoms with E-state index in [0.29, 0.717) is 24.6 Å². The van der Waals surface area contributed by atoms with Gasteiger partial charge in [0.2, 0.25) is 5.91 Å². The third kappa shape index (κ3) is 3.54. The van der Waals surface area contributed by atoms with Crippen molar-refractivity contribution in [1.29, 1.82) is 0 Å². The summed E-state index contributed by atoms with van der Waals surface area (Å²) in [7, 11) is 0. The highest BCUT2D eigenvalue weighted by atomic mass is 19.2. The molecule has 1 aliphatic rings. The second-order valence-electron chi connectivity index (χ2n) is 5.53. The van der Waals surface area contributed by atoms with Crippen LogP contribution in [0.1, 0.15) is 25.3 Å². The molecule has 0 saturated carbocycles. The average molecular weight is 282 g/mol. The second kappa shape index (κ2) is 6.31. The molecule has 1 aliphatic heterocycles. The summed E-state index contributed by atoms with van der Waals surface area (Å²) >= 11 is 0. The topological polar surface area (TPSA) is 46.3 Å². The van der Waals surface area contributed by atoms with E-state index in [0.717, 1.165) is 25.0 Å². The van der Waals surface area contributed by atoms with Crippen molar-refractivity contribution >= 4 is 5.91 Å². The summed E-state index contributed by atoms with van der Waals surface area (Å²) in [6, 6.07) is 3.65. The molecule has 0 spiro atoms. The molecule has 2 N–H and O–H groups in total. The summed E-state index contributed by atoms with van der Waals surface area (Å²) in [5.74, 6) is -1.54. The zero-order valence-corrected chi connectivity index (χ0v) is 11.6. The molecule has 0 aromatic heterocycles. The standard InChI is InChI=1S/C15H20F2N2O/c1-10(18)12-3-2-6-19(9-12)15(20)8-11-4-5-13(16)14(17)7-11/h4-5,7,10,12H,2-3,6,8-9,18H2,1H3/t10-,12-/m0/s1. The van der Waals surface area contributed by atoms with Crippen molar-refractivity contribution in [1.82, 2.24) is 4.90 Å². The van der Waals surface area contributed by atoms with Crippen LogP contribution >= 0.6 is 0 Å². The maximum Gasteiger partial charge on any atom is 0.227 e. The molecule has 0 radical (unpaired) electrons. The summed E-state index contributed by atoms with van der Waals surface area (Å²) in [4.78, 5) is 14.0. The monoisotopic (exact) mass is 282 g/mol. The molecular weight excluding hydrogens is 262 g/mol. The van der Waals surface area contributed by atoms with Crippen molar-refractivity contribution in [2.75, 3.05) is 13.1 Å². The van der Waals surface area contributed by atoms with Crippen LogP contribution in [0, 0.1) is 17.6 Å². The van der Waals surface area contributed by atoms with Crippen molar-refractivity contribution in [3.05, 3.63) is 35.4 Å². The zero-order chi connectivity index (χ0) is 14.7. The minimum Gasteiger partial charge on any atom is -0.342 e. The van der Waals surface area contributed by atoms with Crippen molar-refractivity contribution in [3.63, 3.8) is 0 Å². The molecule has 1 fully saturated rings. The number of carbonyl (C=O) groups excluding carboxylic acids is 1. The minimum absolute atomic E-state index is 0.0543. The predicted octanol–water partition coefficient (Wildman–Crippen LogP) is 2.09. The Bertz CT molecular complexity index is 491. The number of piperidine rings is 1. The maximum absolute atomic E-state index is 13.1. The fourth-order valence-electron chi connectivity index (χ4n) is 2.60. The Hall–Kier alpha value is -1.49. The number of carbonyl (C=O) groups is 1. The SMILES string of the molecule is C[C@H](N)[C@H]1CCCN(C(=O)Cc2ccc(F)c(F)c2)C1. The fourth-order valence-corrected chi connectivity index (χ4v) is 2.60. The molecule has 1 heterocycles. The van der Waals surface area contributed by atoms with E-state index in [1.165, 1.54) is 6.07 Å². The van der Waals surface area contributed by atoms with E-state index in [2.05, 4.69) is 0 Å². The smallest absolute Gasteiger partial charge is 0.227 e. The van der Waals surface area contributed by atoms with E-state index in [1.807, 2.05) is 6.92 Å². The second-order valence-corrected chi connectivity index (χ2v) is 5.53. The third-order valence-corrected chi connectivity index (χ3v) is 3.89. The van der Waals surface area contributed by atoms with Crippen molar-refractivity contribution in [2.24, 2.45) is 11.7 Å². The molecule has 0 aliphatic carbocycles. The Labute approximate surface area is 117 Å². The fraction of sp³-hybridized carbons (Fsp3) is 0.533. The molecule has 1 aromatic carbocycles. The van der Waals surface area contributed by atoms with Gasteiger partial charge in [0.1, 0.15) is 0 Å². The molecule has 0 bridgehead atoms. The van der Waals surface area contributed by atoms with Crippen LogP contribution in [0.5, 0.6) is 0 Å². The molecule has 3 nitrogen and oxygen atoms in total. The molecule has 2 atom stereocenters. The first kappa shape index (κ1) is 14.9. The Morgan fingerprint density at radius 1 is 1.45 bits per heavy atom. The summed E-state index contributed by atoms with van der Waals surface area (Å²) in [6.07, 6.45) is 2.07. The van der Waals surface area contributed by atoms with E-state index in [1.54, 1.807) is 4.90 Å². The number of likely N-dealkylation sites (tertiary alicyclic amines) is 1. The minimum atomic E-state index is -0.914. The van der Waals surface area contributed by atoms with Gasteiger partial charge >= 0.3 is 0 Å². The van der Waals surface area contributed by atoms with Gasteiger partial charge in [-0.25, -0.2) is 8.78 Å². The number of amides is 1. The van der Waals surface area contributed by atoms with Crippen LogP contribution in [0.25, 0.3) is 0 Å². The van der Waals surface area contributed by atoms with Crippen LogP contribution in [0.15, 0.2) is 18.2 Å². The van der Waals surface area contributed by atoms with Crippen LogP contribution < -0.4 is 5.73 Å². The van der Waals surface area contributed by atoms with Gasteiger partial charge in [-0.3, -0.25) is 4.79 Å². The first-order valence-corrected chi connectivity index (χ1v) is 6.94. The number of nitrogens with two attached hydrogens (primary N) is 1. The highest BCUT2D eigenvalue weighted by molar-refractivity contribution is 5.78. The zero-order valence-electron chi connectivity index (χ0n) is 11.6. The van der Waals surface area contributed by atoms with Crippen LogP contribution in [-0.4, -0.2) is 29.9 Å². The van der Waals surface area contributed by atoms with Gasteiger partial charge in [0.05, 0.1) is 6.42 Å². The maximum atomic E-state index is 13.1. The van der Waals surface area contributed by atoms with Gasteiger partial charge < -0.3 is 10.6 Å². The van der Waals surface area contributed by atoms with Gasteiger partial charge in [-0.2, -0.15) is 0 Å². The number of halogens is 2. The number of hydrogen-bond acceptors (Lipinski definition) is 2. The van der Waals surface area contributed by atoms with E-state index in [4.69, 9.17) is 5.73 Å². The van der Waals surface area contributed by atoms with E-state index < -0.39 is 11.6 Å². The molecule has 1 aromatic rings. The Morgan fingerprint density at radius 2 is 2.20 bits per heavy atom. The lowest BCUT2D eigenvalue weighted by Crippen LogP contribution is -2.45. The van der Waals surface area contributed by atoms with Gasteiger partial charge in [0, 0.05) is 19.1 Å². The van der Waals surface area contributed by atoms with Gasteiger partial charge in [-0.1, -0.05) is 6.07 Å². The predicted molar refractivity (Wildman–Crippen MR) is 73.0 cm³/mol. The third-order valence-electron chi connectivity index (χ3n) is 3.89. The van der Waals surface area contributed by atoms with Crippen LogP contribution in [0.4, 0.5) is 8.78 Å². The quantitative estimate of drug-likeness (QED) is 0.922. The number of benzene rings is 1. The van der Waals surface area contributed by atoms with Gasteiger partial charge in [-0.05, 0) is 43.4 Å². The Balaban J connectivity index is 1.98. The summed E-state index contributed by atoms with van der Waals surface area (Å²) in [6.45, 7) is 3.32. The molecule has 110 valence electrons. The summed E-state index contributed by atoms with van der Waals surface area (Å²) in [5, 5.41) is 0. The number of hydrogen-bond donors (Lipinski definition) is 1. The van der Waals surface area contributed by atoms with Gasteiger partial charge in [-0.15, -0.1) is 0 Å². The molecule has 2 rings (SSSR count). The molecule has 20 heavy (non-hydrogen) atoms. The first-order chi connectivity index (χ1) is 9.47. The number of rotatable bonds is 3. The molecule has 1 amide bonds. The van der Waals surface area contributed by atoms with Gasteiger partial charge in [0.25, 0.3) is 0 Å². The molecular formula is C15H20F2N2O. The summed E-state index contributed by atoms with van der Waals surface area (Å²) in [5.41, 5.74) is 6.39. The van der Waals surface area contributed by atoms with E-state index in [-0.39, 0.29) is 18.4 Å². The normalized spacial score (nSPS) is 20.8. The molecule has 1 saturated heterocycles.